The van der Waals surface area contributed by atoms with E-state index in [-0.39, 0.29) is 5.82 Å². The Hall–Kier alpha value is -2.73. The predicted molar refractivity (Wildman–Crippen MR) is 99.1 cm³/mol. The van der Waals surface area contributed by atoms with Crippen molar-refractivity contribution >= 4 is 44.0 Å². The summed E-state index contributed by atoms with van der Waals surface area (Å²) < 4.78 is 14.2. The summed E-state index contributed by atoms with van der Waals surface area (Å²) in [6.07, 6.45) is 0. The van der Waals surface area contributed by atoms with Crippen LogP contribution in [0.5, 0.6) is 0 Å². The van der Waals surface area contributed by atoms with Gasteiger partial charge in [0.1, 0.15) is 16.6 Å². The van der Waals surface area contributed by atoms with Crippen LogP contribution >= 0.6 is 11.3 Å². The molecule has 24 heavy (non-hydrogen) atoms. The molecule has 0 saturated heterocycles. The highest BCUT2D eigenvalue weighted by atomic mass is 32.1. The lowest BCUT2D eigenvalue weighted by Crippen LogP contribution is -2.08. The summed E-state index contributed by atoms with van der Waals surface area (Å²) in [6.45, 7) is 0. The lowest BCUT2D eigenvalue weighted by atomic mass is 10.1. The van der Waals surface area contributed by atoms with E-state index >= 15 is 0 Å². The number of nitrogen functional groups attached to an aromatic ring is 1. The summed E-state index contributed by atoms with van der Waals surface area (Å²) in [5.41, 5.74) is 9.62. The second-order valence-corrected chi connectivity index (χ2v) is 6.85. The van der Waals surface area contributed by atoms with Gasteiger partial charge in [-0.3, -0.25) is 0 Å². The van der Waals surface area contributed by atoms with Crippen molar-refractivity contribution in [1.29, 1.82) is 0 Å². The topological polar surface area (TPSA) is 55.0 Å². The number of hydrogen-bond donors (Lipinski definition) is 1. The molecule has 2 N–H and O–H groups in total. The average Bonchev–Trinajstić information content (AvgIpc) is 2.96. The van der Waals surface area contributed by atoms with Crippen molar-refractivity contribution in [2.45, 2.75) is 0 Å². The van der Waals surface area contributed by atoms with Gasteiger partial charge in [-0.05, 0) is 36.4 Å². The predicted octanol–water partition coefficient (Wildman–Crippen LogP) is 4.30. The van der Waals surface area contributed by atoms with Crippen molar-refractivity contribution in [3.63, 3.8) is 0 Å². The van der Waals surface area contributed by atoms with Crippen LogP contribution in [0, 0.1) is 5.82 Å². The minimum atomic E-state index is -0.265. The van der Waals surface area contributed by atoms with Gasteiger partial charge in [0.25, 0.3) is 0 Å². The average molecular weight is 338 g/mol. The van der Waals surface area contributed by atoms with Gasteiger partial charge < -0.3 is 10.6 Å². The first-order valence-electron chi connectivity index (χ1n) is 7.45. The summed E-state index contributed by atoms with van der Waals surface area (Å²) in [5.74, 6) is 0.163. The van der Waals surface area contributed by atoms with Crippen molar-refractivity contribution in [3.05, 3.63) is 48.3 Å². The smallest absolute Gasteiger partial charge is 0.134 e. The number of benzene rings is 2. The summed E-state index contributed by atoms with van der Waals surface area (Å²) in [6, 6.07) is 12.6. The first-order chi connectivity index (χ1) is 11.5. The third kappa shape index (κ3) is 2.45. The fourth-order valence-corrected chi connectivity index (χ4v) is 3.65. The van der Waals surface area contributed by atoms with Gasteiger partial charge >= 0.3 is 0 Å². The second kappa shape index (κ2) is 5.42. The van der Waals surface area contributed by atoms with E-state index in [0.29, 0.717) is 5.82 Å². The Balaban J connectivity index is 1.88. The number of aromatic nitrogens is 2. The molecule has 0 amide bonds. The van der Waals surface area contributed by atoms with Gasteiger partial charge in [0.15, 0.2) is 0 Å². The van der Waals surface area contributed by atoms with E-state index in [4.69, 9.17) is 5.73 Å². The molecule has 0 fully saturated rings. The van der Waals surface area contributed by atoms with Crippen LogP contribution in [0.15, 0.2) is 42.5 Å². The van der Waals surface area contributed by atoms with E-state index in [1.807, 2.05) is 43.3 Å². The van der Waals surface area contributed by atoms with Crippen molar-refractivity contribution in [2.75, 3.05) is 24.7 Å². The first-order valence-corrected chi connectivity index (χ1v) is 8.27. The molecule has 4 aromatic rings. The first kappa shape index (κ1) is 14.8. The van der Waals surface area contributed by atoms with Crippen LogP contribution in [0.1, 0.15) is 0 Å². The Morgan fingerprint density at radius 2 is 1.83 bits per heavy atom. The van der Waals surface area contributed by atoms with Crippen molar-refractivity contribution in [2.24, 2.45) is 0 Å². The molecule has 0 spiro atoms. The lowest BCUT2D eigenvalue weighted by Gasteiger charge is -2.13. The summed E-state index contributed by atoms with van der Waals surface area (Å²) in [7, 11) is 3.97. The molecule has 2 aromatic carbocycles. The highest BCUT2D eigenvalue weighted by molar-refractivity contribution is 7.21. The number of hydrogen-bond acceptors (Lipinski definition) is 5. The van der Waals surface area contributed by atoms with Gasteiger partial charge in [-0.25, -0.2) is 14.4 Å². The number of fused-ring (bicyclic) bond motifs is 2. The molecule has 2 aromatic heterocycles. The maximum Gasteiger partial charge on any atom is 0.134 e. The lowest BCUT2D eigenvalue weighted by molar-refractivity contribution is 0.630. The molecule has 0 aliphatic rings. The summed E-state index contributed by atoms with van der Waals surface area (Å²) in [4.78, 5) is 11.1. The molecule has 6 heteroatoms. The molecular formula is C18H15FN4S. The molecule has 2 heterocycles. The molecular weight excluding hydrogens is 323 g/mol. The molecule has 4 rings (SSSR count). The quantitative estimate of drug-likeness (QED) is 0.592. The van der Waals surface area contributed by atoms with Crippen LogP contribution in [0.2, 0.25) is 0 Å². The maximum atomic E-state index is 13.4. The van der Waals surface area contributed by atoms with Gasteiger partial charge in [-0.1, -0.05) is 6.07 Å². The minimum absolute atomic E-state index is 0.265. The van der Waals surface area contributed by atoms with Gasteiger partial charge in [-0.15, -0.1) is 11.3 Å². The monoisotopic (exact) mass is 338 g/mol. The van der Waals surface area contributed by atoms with E-state index in [9.17, 15) is 4.39 Å². The zero-order chi connectivity index (χ0) is 16.8. The molecule has 0 bridgehead atoms. The van der Waals surface area contributed by atoms with Crippen molar-refractivity contribution in [3.8, 4) is 10.6 Å². The number of rotatable bonds is 2. The summed E-state index contributed by atoms with van der Waals surface area (Å²) in [5, 5.41) is 1.74. The molecule has 0 radical (unpaired) electrons. The largest absolute Gasteiger partial charge is 0.383 e. The van der Waals surface area contributed by atoms with Crippen LogP contribution in [0.4, 0.5) is 15.9 Å². The number of nitrogens with two attached hydrogens (primary N) is 1. The Morgan fingerprint density at radius 1 is 1.00 bits per heavy atom. The molecule has 0 saturated carbocycles. The van der Waals surface area contributed by atoms with Crippen LogP contribution in [0.3, 0.4) is 0 Å². The van der Waals surface area contributed by atoms with Crippen molar-refractivity contribution in [1.82, 2.24) is 9.97 Å². The van der Waals surface area contributed by atoms with E-state index in [1.165, 1.54) is 23.5 Å². The molecule has 0 atom stereocenters. The number of anilines is 2. The third-order valence-electron chi connectivity index (χ3n) is 3.93. The highest BCUT2D eigenvalue weighted by Crippen LogP contribution is 2.35. The number of halogens is 1. The second-order valence-electron chi connectivity index (χ2n) is 5.82. The molecule has 0 aliphatic carbocycles. The van der Waals surface area contributed by atoms with Gasteiger partial charge in [0.2, 0.25) is 0 Å². The fraction of sp³-hybridized carbons (Fsp3) is 0.111. The number of pyridine rings is 1. The molecule has 0 aliphatic heterocycles. The number of nitrogens with zero attached hydrogens (tertiary/aromatic N) is 3. The van der Waals surface area contributed by atoms with Crippen LogP contribution in [0.25, 0.3) is 31.7 Å². The minimum Gasteiger partial charge on any atom is -0.383 e. The Bertz CT molecular complexity index is 1070. The fourth-order valence-electron chi connectivity index (χ4n) is 2.63. The van der Waals surface area contributed by atoms with E-state index in [0.717, 1.165) is 37.4 Å². The van der Waals surface area contributed by atoms with Crippen LogP contribution < -0.4 is 10.6 Å². The molecule has 4 nitrogen and oxygen atoms in total. The van der Waals surface area contributed by atoms with Crippen LogP contribution in [-0.2, 0) is 0 Å². The normalized spacial score (nSPS) is 11.3. The standard InChI is InChI=1S/C18H15FN4S/c1-23(2)12-5-3-10-7-13(17(20)21-15(10)9-12)18-22-14-6-4-11(19)8-16(14)24-18/h3-9H,1-2H3,(H2,20,21). The highest BCUT2D eigenvalue weighted by Gasteiger charge is 2.13. The summed E-state index contributed by atoms with van der Waals surface area (Å²) >= 11 is 1.42. The number of thiazole rings is 1. The molecule has 0 unspecified atom stereocenters. The van der Waals surface area contributed by atoms with Crippen LogP contribution in [-0.4, -0.2) is 24.1 Å². The van der Waals surface area contributed by atoms with E-state index in [2.05, 4.69) is 9.97 Å². The Kier molecular flexibility index (Phi) is 3.35. The Labute approximate surface area is 142 Å². The van der Waals surface area contributed by atoms with Gasteiger partial charge in [0.05, 0.1) is 21.3 Å². The third-order valence-corrected chi connectivity index (χ3v) is 4.98. The van der Waals surface area contributed by atoms with E-state index in [1.54, 1.807) is 6.07 Å². The zero-order valence-corrected chi connectivity index (χ0v) is 14.1. The SMILES string of the molecule is CN(C)c1ccc2cc(-c3nc4ccc(F)cc4s3)c(N)nc2c1. The van der Waals surface area contributed by atoms with E-state index < -0.39 is 0 Å². The molecule has 120 valence electrons. The zero-order valence-electron chi connectivity index (χ0n) is 13.2. The maximum absolute atomic E-state index is 13.4. The van der Waals surface area contributed by atoms with Crippen molar-refractivity contribution < 1.29 is 4.39 Å². The van der Waals surface area contributed by atoms with Gasteiger partial charge in [0, 0.05) is 25.2 Å². The van der Waals surface area contributed by atoms with Gasteiger partial charge in [-0.2, -0.15) is 0 Å². The Morgan fingerprint density at radius 3 is 2.62 bits per heavy atom.